The second-order valence-electron chi connectivity index (χ2n) is 6.23. The minimum absolute atomic E-state index is 0.0698. The maximum absolute atomic E-state index is 13.0. The fourth-order valence-electron chi connectivity index (χ4n) is 2.23. The van der Waals surface area contributed by atoms with Crippen LogP contribution in [0.25, 0.3) is 0 Å². The highest BCUT2D eigenvalue weighted by Crippen LogP contribution is 2.09. The van der Waals surface area contributed by atoms with E-state index in [9.17, 15) is 14.0 Å². The van der Waals surface area contributed by atoms with Crippen LogP contribution in [0.15, 0.2) is 41.1 Å². The standard InChI is InChI=1S/C18H22FN3O3/c1-13(2)7-9-22(12-17(23)20-16-8-10-25-21-16)18(24)11-14-3-5-15(19)6-4-14/h3-6,8,10,13H,7,9,11-12H2,1-2H3,(H,20,21,23). The number of hydrogen-bond donors (Lipinski definition) is 1. The topological polar surface area (TPSA) is 75.4 Å². The Morgan fingerprint density at radius 1 is 1.24 bits per heavy atom. The lowest BCUT2D eigenvalue weighted by Crippen LogP contribution is -2.40. The third-order valence-corrected chi connectivity index (χ3v) is 3.64. The minimum atomic E-state index is -0.347. The fraction of sp³-hybridized carbons (Fsp3) is 0.389. The van der Waals surface area contributed by atoms with Crippen LogP contribution in [-0.4, -0.2) is 35.0 Å². The van der Waals surface area contributed by atoms with E-state index in [-0.39, 0.29) is 30.6 Å². The van der Waals surface area contributed by atoms with Gasteiger partial charge in [-0.3, -0.25) is 9.59 Å². The molecular weight excluding hydrogens is 325 g/mol. The normalized spacial score (nSPS) is 10.7. The zero-order chi connectivity index (χ0) is 18.2. The van der Waals surface area contributed by atoms with Crippen molar-refractivity contribution in [2.45, 2.75) is 26.7 Å². The lowest BCUT2D eigenvalue weighted by molar-refractivity contribution is -0.134. The van der Waals surface area contributed by atoms with Crippen LogP contribution >= 0.6 is 0 Å². The molecule has 25 heavy (non-hydrogen) atoms. The van der Waals surface area contributed by atoms with Crippen LogP contribution in [-0.2, 0) is 16.0 Å². The molecule has 0 aliphatic heterocycles. The lowest BCUT2D eigenvalue weighted by Gasteiger charge is -2.23. The zero-order valence-corrected chi connectivity index (χ0v) is 14.4. The quantitative estimate of drug-likeness (QED) is 0.797. The van der Waals surface area contributed by atoms with Crippen molar-refractivity contribution in [2.75, 3.05) is 18.4 Å². The van der Waals surface area contributed by atoms with Crippen molar-refractivity contribution < 1.29 is 18.5 Å². The van der Waals surface area contributed by atoms with Gasteiger partial charge in [-0.2, -0.15) is 0 Å². The zero-order valence-electron chi connectivity index (χ0n) is 14.4. The van der Waals surface area contributed by atoms with Crippen molar-refractivity contribution in [3.63, 3.8) is 0 Å². The van der Waals surface area contributed by atoms with Gasteiger partial charge in [-0.25, -0.2) is 4.39 Å². The number of benzene rings is 1. The van der Waals surface area contributed by atoms with Crippen LogP contribution in [0.5, 0.6) is 0 Å². The number of anilines is 1. The number of aromatic nitrogens is 1. The smallest absolute Gasteiger partial charge is 0.245 e. The van der Waals surface area contributed by atoms with E-state index < -0.39 is 0 Å². The number of hydrogen-bond acceptors (Lipinski definition) is 4. The van der Waals surface area contributed by atoms with Gasteiger partial charge in [-0.1, -0.05) is 31.1 Å². The molecule has 0 saturated carbocycles. The van der Waals surface area contributed by atoms with E-state index in [1.165, 1.54) is 29.4 Å². The summed E-state index contributed by atoms with van der Waals surface area (Å²) in [5, 5.41) is 6.19. The van der Waals surface area contributed by atoms with Crippen LogP contribution in [0.2, 0.25) is 0 Å². The molecule has 0 aliphatic carbocycles. The SMILES string of the molecule is CC(C)CCN(CC(=O)Nc1ccon1)C(=O)Cc1ccc(F)cc1. The van der Waals surface area contributed by atoms with Crippen molar-refractivity contribution in [2.24, 2.45) is 5.92 Å². The Morgan fingerprint density at radius 2 is 1.96 bits per heavy atom. The number of rotatable bonds is 8. The first-order chi connectivity index (χ1) is 11.9. The van der Waals surface area contributed by atoms with Gasteiger partial charge in [-0.05, 0) is 30.0 Å². The van der Waals surface area contributed by atoms with E-state index in [4.69, 9.17) is 0 Å². The van der Waals surface area contributed by atoms with Gasteiger partial charge in [0.05, 0.1) is 13.0 Å². The van der Waals surface area contributed by atoms with Gasteiger partial charge < -0.3 is 14.7 Å². The van der Waals surface area contributed by atoms with Crippen molar-refractivity contribution >= 4 is 17.6 Å². The van der Waals surface area contributed by atoms with Crippen molar-refractivity contribution in [3.05, 3.63) is 48.0 Å². The molecule has 0 aliphatic rings. The molecule has 0 radical (unpaired) electrons. The molecule has 1 aromatic heterocycles. The summed E-state index contributed by atoms with van der Waals surface area (Å²) in [4.78, 5) is 26.2. The molecule has 0 spiro atoms. The van der Waals surface area contributed by atoms with Gasteiger partial charge in [-0.15, -0.1) is 0 Å². The third kappa shape index (κ3) is 6.37. The molecule has 1 aromatic carbocycles. The van der Waals surface area contributed by atoms with Crippen LogP contribution in [0, 0.1) is 11.7 Å². The fourth-order valence-corrected chi connectivity index (χ4v) is 2.23. The first-order valence-corrected chi connectivity index (χ1v) is 8.16. The van der Waals surface area contributed by atoms with Gasteiger partial charge in [0.25, 0.3) is 0 Å². The number of carbonyl (C=O) groups excluding carboxylic acids is 2. The van der Waals surface area contributed by atoms with Crippen LogP contribution < -0.4 is 5.32 Å². The van der Waals surface area contributed by atoms with Gasteiger partial charge >= 0.3 is 0 Å². The van der Waals surface area contributed by atoms with Crippen LogP contribution in [0.3, 0.4) is 0 Å². The Bertz CT molecular complexity index is 684. The van der Waals surface area contributed by atoms with Gasteiger partial charge in [0.1, 0.15) is 12.1 Å². The predicted molar refractivity (Wildman–Crippen MR) is 91.3 cm³/mol. The van der Waals surface area contributed by atoms with Gasteiger partial charge in [0.15, 0.2) is 5.82 Å². The van der Waals surface area contributed by atoms with Gasteiger partial charge in [0.2, 0.25) is 11.8 Å². The van der Waals surface area contributed by atoms with Gasteiger partial charge in [0, 0.05) is 12.6 Å². The molecule has 0 fully saturated rings. The number of nitrogens with zero attached hydrogens (tertiary/aromatic N) is 2. The summed E-state index contributed by atoms with van der Waals surface area (Å²) < 4.78 is 17.6. The molecule has 2 aromatic rings. The summed E-state index contributed by atoms with van der Waals surface area (Å²) in [6, 6.07) is 7.31. The molecule has 134 valence electrons. The van der Waals surface area contributed by atoms with E-state index in [1.807, 2.05) is 0 Å². The molecule has 2 rings (SSSR count). The van der Waals surface area contributed by atoms with Crippen LogP contribution in [0.1, 0.15) is 25.8 Å². The van der Waals surface area contributed by atoms with Crippen molar-refractivity contribution in [1.29, 1.82) is 0 Å². The van der Waals surface area contributed by atoms with Crippen molar-refractivity contribution in [1.82, 2.24) is 10.1 Å². The minimum Gasteiger partial charge on any atom is -0.363 e. The third-order valence-electron chi connectivity index (χ3n) is 3.64. The Kier molecular flexibility index (Phi) is 6.68. The summed E-state index contributed by atoms with van der Waals surface area (Å²) in [5.41, 5.74) is 0.706. The first-order valence-electron chi connectivity index (χ1n) is 8.16. The van der Waals surface area contributed by atoms with E-state index in [2.05, 4.69) is 28.8 Å². The molecular formula is C18H22FN3O3. The average Bonchev–Trinajstić information content (AvgIpc) is 3.06. The highest BCUT2D eigenvalue weighted by molar-refractivity contribution is 5.94. The Morgan fingerprint density at radius 3 is 2.56 bits per heavy atom. The van der Waals surface area contributed by atoms with E-state index in [0.717, 1.165) is 6.42 Å². The monoisotopic (exact) mass is 347 g/mol. The summed E-state index contributed by atoms with van der Waals surface area (Å²) >= 11 is 0. The molecule has 2 amide bonds. The average molecular weight is 347 g/mol. The first kappa shape index (κ1) is 18.6. The molecule has 0 saturated heterocycles. The Hall–Kier alpha value is -2.70. The van der Waals surface area contributed by atoms with E-state index in [0.29, 0.717) is 23.8 Å². The molecule has 0 unspecified atom stereocenters. The molecule has 1 N–H and O–H groups in total. The van der Waals surface area contributed by atoms with E-state index in [1.54, 1.807) is 12.1 Å². The second-order valence-corrected chi connectivity index (χ2v) is 6.23. The van der Waals surface area contributed by atoms with Crippen molar-refractivity contribution in [3.8, 4) is 0 Å². The summed E-state index contributed by atoms with van der Waals surface area (Å²) in [7, 11) is 0. The summed E-state index contributed by atoms with van der Waals surface area (Å²) in [6.45, 7) is 4.51. The second kappa shape index (κ2) is 8.96. The number of nitrogens with one attached hydrogen (secondary N) is 1. The summed E-state index contributed by atoms with van der Waals surface area (Å²) in [6.07, 6.45) is 2.26. The lowest BCUT2D eigenvalue weighted by atomic mass is 10.1. The summed E-state index contributed by atoms with van der Waals surface area (Å²) in [5.74, 6) is -0.160. The molecule has 7 heteroatoms. The highest BCUT2D eigenvalue weighted by Gasteiger charge is 2.18. The Labute approximate surface area is 146 Å². The highest BCUT2D eigenvalue weighted by atomic mass is 19.1. The largest absolute Gasteiger partial charge is 0.363 e. The predicted octanol–water partition coefficient (Wildman–Crippen LogP) is 2.87. The maximum Gasteiger partial charge on any atom is 0.245 e. The molecule has 0 atom stereocenters. The molecule has 6 nitrogen and oxygen atoms in total. The van der Waals surface area contributed by atoms with E-state index >= 15 is 0 Å². The number of carbonyl (C=O) groups is 2. The van der Waals surface area contributed by atoms with Crippen LogP contribution in [0.4, 0.5) is 10.2 Å². The Balaban J connectivity index is 1.98. The molecule has 1 heterocycles. The molecule has 0 bridgehead atoms. The maximum atomic E-state index is 13.0. The number of halogens is 1. The number of amides is 2.